The first-order valence-corrected chi connectivity index (χ1v) is 10.9. The number of aryl methyl sites for hydroxylation is 2. The van der Waals surface area contributed by atoms with Crippen molar-refractivity contribution in [2.24, 2.45) is 0 Å². The molecule has 0 atom stereocenters. The van der Waals surface area contributed by atoms with Gasteiger partial charge in [-0.05, 0) is 63.8 Å². The monoisotopic (exact) mass is 427 g/mol. The van der Waals surface area contributed by atoms with Gasteiger partial charge in [0.05, 0.1) is 7.11 Å². The van der Waals surface area contributed by atoms with Crippen molar-refractivity contribution >= 4 is 11.6 Å². The van der Waals surface area contributed by atoms with E-state index in [4.69, 9.17) is 9.47 Å². The zero-order valence-electron chi connectivity index (χ0n) is 19.1. The molecule has 1 fully saturated rings. The van der Waals surface area contributed by atoms with Crippen LogP contribution in [-0.2, 0) is 11.3 Å². The van der Waals surface area contributed by atoms with Gasteiger partial charge < -0.3 is 24.7 Å². The van der Waals surface area contributed by atoms with Crippen molar-refractivity contribution in [2.45, 2.75) is 53.1 Å². The SMILES string of the molecule is CCN(c1cc(OC)cc(C(=O)NCc2c(C)cc(C)[nH]c2=O)c1C)C1CCOCC1. The summed E-state index contributed by atoms with van der Waals surface area (Å²) in [4.78, 5) is 30.5. The third-order valence-corrected chi connectivity index (χ3v) is 6.04. The van der Waals surface area contributed by atoms with Gasteiger partial charge in [-0.3, -0.25) is 9.59 Å². The average molecular weight is 428 g/mol. The largest absolute Gasteiger partial charge is 0.497 e. The Labute approximate surface area is 183 Å². The summed E-state index contributed by atoms with van der Waals surface area (Å²) in [5, 5.41) is 2.92. The number of amides is 1. The van der Waals surface area contributed by atoms with Gasteiger partial charge in [0.25, 0.3) is 11.5 Å². The van der Waals surface area contributed by atoms with Crippen molar-refractivity contribution in [3.63, 3.8) is 0 Å². The minimum Gasteiger partial charge on any atom is -0.497 e. The molecule has 2 aromatic rings. The van der Waals surface area contributed by atoms with Gasteiger partial charge >= 0.3 is 0 Å². The fourth-order valence-electron chi connectivity index (χ4n) is 4.31. The Morgan fingerprint density at radius 1 is 1.23 bits per heavy atom. The molecule has 1 aliphatic heterocycles. The number of aromatic nitrogens is 1. The third-order valence-electron chi connectivity index (χ3n) is 6.04. The topological polar surface area (TPSA) is 83.7 Å². The molecule has 0 spiro atoms. The molecule has 1 aliphatic rings. The summed E-state index contributed by atoms with van der Waals surface area (Å²) in [6.07, 6.45) is 1.92. The second-order valence-corrected chi connectivity index (χ2v) is 8.07. The summed E-state index contributed by atoms with van der Waals surface area (Å²) in [6, 6.07) is 6.04. The highest BCUT2D eigenvalue weighted by atomic mass is 16.5. The van der Waals surface area contributed by atoms with E-state index >= 15 is 0 Å². The van der Waals surface area contributed by atoms with E-state index < -0.39 is 0 Å². The summed E-state index contributed by atoms with van der Waals surface area (Å²) in [6.45, 7) is 10.3. The molecular formula is C24H33N3O4. The highest BCUT2D eigenvalue weighted by Crippen LogP contribution is 2.32. The standard InChI is InChI=1S/C24H33N3O4/c1-6-27(18-7-9-31-10-8-18)22-13-19(30-5)12-20(17(22)4)23(28)25-14-21-15(2)11-16(3)26-24(21)29/h11-13,18H,6-10,14H2,1-5H3,(H,25,28)(H,26,29). The molecule has 0 aliphatic carbocycles. The van der Waals surface area contributed by atoms with Gasteiger partial charge in [0.15, 0.2) is 0 Å². The van der Waals surface area contributed by atoms with Crippen molar-refractivity contribution in [1.82, 2.24) is 10.3 Å². The van der Waals surface area contributed by atoms with Crippen LogP contribution in [0.15, 0.2) is 23.0 Å². The van der Waals surface area contributed by atoms with E-state index in [-0.39, 0.29) is 18.0 Å². The molecule has 0 saturated carbocycles. The number of anilines is 1. The maximum absolute atomic E-state index is 13.1. The van der Waals surface area contributed by atoms with E-state index in [2.05, 4.69) is 22.1 Å². The Morgan fingerprint density at radius 3 is 2.55 bits per heavy atom. The second-order valence-electron chi connectivity index (χ2n) is 8.07. The zero-order chi connectivity index (χ0) is 22.5. The van der Waals surface area contributed by atoms with Crippen LogP contribution in [0.5, 0.6) is 5.75 Å². The number of carbonyl (C=O) groups is 1. The summed E-state index contributed by atoms with van der Waals surface area (Å²) in [5.41, 5.74) is 4.53. The molecule has 0 unspecified atom stereocenters. The average Bonchev–Trinajstić information content (AvgIpc) is 2.75. The summed E-state index contributed by atoms with van der Waals surface area (Å²) in [5.74, 6) is 0.417. The Morgan fingerprint density at radius 2 is 1.94 bits per heavy atom. The lowest BCUT2D eigenvalue weighted by molar-refractivity contribution is 0.0845. The lowest BCUT2D eigenvalue weighted by Gasteiger charge is -2.36. The normalized spacial score (nSPS) is 14.4. The molecule has 3 rings (SSSR count). The summed E-state index contributed by atoms with van der Waals surface area (Å²) < 4.78 is 11.0. The van der Waals surface area contributed by atoms with Crippen molar-refractivity contribution in [3.05, 3.63) is 56.5 Å². The van der Waals surface area contributed by atoms with Crippen LogP contribution in [0.1, 0.15) is 52.5 Å². The molecule has 1 amide bonds. The van der Waals surface area contributed by atoms with Crippen LogP contribution in [0.25, 0.3) is 0 Å². The number of ether oxygens (including phenoxy) is 2. The minimum atomic E-state index is -0.222. The minimum absolute atomic E-state index is 0.169. The number of benzene rings is 1. The molecule has 0 radical (unpaired) electrons. The highest BCUT2D eigenvalue weighted by molar-refractivity contribution is 5.97. The van der Waals surface area contributed by atoms with E-state index in [1.54, 1.807) is 13.2 Å². The number of carbonyl (C=O) groups excluding carboxylic acids is 1. The van der Waals surface area contributed by atoms with Crippen LogP contribution in [0.2, 0.25) is 0 Å². The van der Waals surface area contributed by atoms with Crippen molar-refractivity contribution in [3.8, 4) is 5.75 Å². The summed E-state index contributed by atoms with van der Waals surface area (Å²) >= 11 is 0. The molecule has 2 heterocycles. The lowest BCUT2D eigenvalue weighted by Crippen LogP contribution is -2.40. The Kier molecular flexibility index (Phi) is 7.38. The third kappa shape index (κ3) is 5.10. The number of hydrogen-bond donors (Lipinski definition) is 2. The summed E-state index contributed by atoms with van der Waals surface area (Å²) in [7, 11) is 1.61. The highest BCUT2D eigenvalue weighted by Gasteiger charge is 2.25. The molecule has 0 bridgehead atoms. The fourth-order valence-corrected chi connectivity index (χ4v) is 4.31. The first-order chi connectivity index (χ1) is 14.8. The van der Waals surface area contributed by atoms with Gasteiger partial charge in [0, 0.05) is 60.9 Å². The zero-order valence-corrected chi connectivity index (χ0v) is 19.1. The van der Waals surface area contributed by atoms with E-state index in [0.717, 1.165) is 55.1 Å². The Balaban J connectivity index is 1.89. The van der Waals surface area contributed by atoms with Crippen LogP contribution in [0.3, 0.4) is 0 Å². The van der Waals surface area contributed by atoms with Crippen molar-refractivity contribution in [1.29, 1.82) is 0 Å². The quantitative estimate of drug-likeness (QED) is 0.709. The first kappa shape index (κ1) is 22.9. The molecule has 168 valence electrons. The molecule has 1 aromatic carbocycles. The molecule has 7 nitrogen and oxygen atoms in total. The predicted molar refractivity (Wildman–Crippen MR) is 122 cm³/mol. The predicted octanol–water partition coefficient (Wildman–Crippen LogP) is 3.24. The molecular weight excluding hydrogens is 394 g/mol. The van der Waals surface area contributed by atoms with E-state index in [1.807, 2.05) is 32.9 Å². The number of hydrogen-bond acceptors (Lipinski definition) is 5. The molecule has 1 saturated heterocycles. The van der Waals surface area contributed by atoms with E-state index in [9.17, 15) is 9.59 Å². The van der Waals surface area contributed by atoms with Gasteiger partial charge in [-0.1, -0.05) is 0 Å². The molecule has 1 aromatic heterocycles. The molecule has 2 N–H and O–H groups in total. The van der Waals surface area contributed by atoms with E-state index in [1.165, 1.54) is 0 Å². The fraction of sp³-hybridized carbons (Fsp3) is 0.500. The van der Waals surface area contributed by atoms with Crippen LogP contribution >= 0.6 is 0 Å². The van der Waals surface area contributed by atoms with Gasteiger partial charge in [-0.25, -0.2) is 0 Å². The number of pyridine rings is 1. The first-order valence-electron chi connectivity index (χ1n) is 10.9. The Bertz CT molecular complexity index is 993. The van der Waals surface area contributed by atoms with Crippen LogP contribution in [0.4, 0.5) is 5.69 Å². The van der Waals surface area contributed by atoms with Gasteiger partial charge in [0.1, 0.15) is 5.75 Å². The van der Waals surface area contributed by atoms with Gasteiger partial charge in [-0.15, -0.1) is 0 Å². The Hall–Kier alpha value is -2.80. The van der Waals surface area contributed by atoms with Gasteiger partial charge in [-0.2, -0.15) is 0 Å². The molecule has 31 heavy (non-hydrogen) atoms. The van der Waals surface area contributed by atoms with Crippen LogP contribution < -0.4 is 20.5 Å². The number of nitrogens with zero attached hydrogens (tertiary/aromatic N) is 1. The number of aromatic amines is 1. The maximum atomic E-state index is 13.1. The number of nitrogens with one attached hydrogen (secondary N) is 2. The van der Waals surface area contributed by atoms with Crippen molar-refractivity contribution in [2.75, 3.05) is 31.8 Å². The number of H-pyrrole nitrogens is 1. The van der Waals surface area contributed by atoms with Crippen molar-refractivity contribution < 1.29 is 14.3 Å². The maximum Gasteiger partial charge on any atom is 0.253 e. The second kappa shape index (κ2) is 10.0. The number of methoxy groups -OCH3 is 1. The van der Waals surface area contributed by atoms with Crippen LogP contribution in [0, 0.1) is 20.8 Å². The molecule has 7 heteroatoms. The van der Waals surface area contributed by atoms with Crippen LogP contribution in [-0.4, -0.2) is 43.8 Å². The van der Waals surface area contributed by atoms with E-state index in [0.29, 0.717) is 22.9 Å². The van der Waals surface area contributed by atoms with Gasteiger partial charge in [0.2, 0.25) is 0 Å². The number of rotatable bonds is 7. The lowest BCUT2D eigenvalue weighted by atomic mass is 10.0. The smallest absolute Gasteiger partial charge is 0.253 e.